The standard InChI is InChI=1S/C18H26N2O3.ClH/c21-18(20-12-14-3-1-9-19-11-14)15-5-7-16(8-6-15)23-13-17-4-2-10-22-17;/h5-8,14,17,19H,1-4,9-13H2,(H,20,21);1H. The highest BCUT2D eigenvalue weighted by Crippen LogP contribution is 2.17. The molecule has 2 fully saturated rings. The van der Waals surface area contributed by atoms with Crippen molar-refractivity contribution < 1.29 is 14.3 Å². The molecular weight excluding hydrogens is 328 g/mol. The van der Waals surface area contributed by atoms with Gasteiger partial charge in [0.1, 0.15) is 12.4 Å². The summed E-state index contributed by atoms with van der Waals surface area (Å²) < 4.78 is 11.2. The number of benzene rings is 1. The second kappa shape index (κ2) is 9.87. The third-order valence-corrected chi connectivity index (χ3v) is 4.53. The predicted molar refractivity (Wildman–Crippen MR) is 96.1 cm³/mol. The van der Waals surface area contributed by atoms with Crippen LogP contribution in [0.5, 0.6) is 5.75 Å². The fourth-order valence-electron chi connectivity index (χ4n) is 3.10. The number of amides is 1. The quantitative estimate of drug-likeness (QED) is 0.823. The lowest BCUT2D eigenvalue weighted by Gasteiger charge is -2.22. The Bertz CT molecular complexity index is 497. The summed E-state index contributed by atoms with van der Waals surface area (Å²) in [6.45, 7) is 4.25. The largest absolute Gasteiger partial charge is 0.491 e. The molecule has 0 aromatic heterocycles. The summed E-state index contributed by atoms with van der Waals surface area (Å²) in [7, 11) is 0. The van der Waals surface area contributed by atoms with Crippen LogP contribution in [0.4, 0.5) is 0 Å². The van der Waals surface area contributed by atoms with Gasteiger partial charge in [0.05, 0.1) is 6.10 Å². The molecule has 6 heteroatoms. The van der Waals surface area contributed by atoms with Gasteiger partial charge in [-0.1, -0.05) is 0 Å². The number of nitrogens with one attached hydrogen (secondary N) is 2. The Morgan fingerprint density at radius 3 is 2.75 bits per heavy atom. The number of carbonyl (C=O) groups excluding carboxylic acids is 1. The summed E-state index contributed by atoms with van der Waals surface area (Å²) >= 11 is 0. The molecule has 0 radical (unpaired) electrons. The van der Waals surface area contributed by atoms with E-state index in [4.69, 9.17) is 9.47 Å². The first kappa shape index (κ1) is 19.0. The molecule has 0 aliphatic carbocycles. The van der Waals surface area contributed by atoms with E-state index in [2.05, 4.69) is 10.6 Å². The third-order valence-electron chi connectivity index (χ3n) is 4.53. The molecule has 24 heavy (non-hydrogen) atoms. The van der Waals surface area contributed by atoms with Crippen LogP contribution in [0.15, 0.2) is 24.3 Å². The highest BCUT2D eigenvalue weighted by Gasteiger charge is 2.16. The minimum atomic E-state index is -0.0127. The molecule has 2 atom stereocenters. The average molecular weight is 355 g/mol. The number of hydrogen-bond acceptors (Lipinski definition) is 4. The van der Waals surface area contributed by atoms with Crippen molar-refractivity contribution in [1.82, 2.24) is 10.6 Å². The topological polar surface area (TPSA) is 59.6 Å². The molecule has 2 saturated heterocycles. The molecule has 2 N–H and O–H groups in total. The Labute approximate surface area is 149 Å². The van der Waals surface area contributed by atoms with Crippen LogP contribution in [0.3, 0.4) is 0 Å². The maximum atomic E-state index is 12.2. The molecule has 5 nitrogen and oxygen atoms in total. The number of rotatable bonds is 6. The van der Waals surface area contributed by atoms with Crippen molar-refractivity contribution in [3.05, 3.63) is 29.8 Å². The summed E-state index contributed by atoms with van der Waals surface area (Å²) in [4.78, 5) is 12.2. The molecule has 0 spiro atoms. The first-order valence-electron chi connectivity index (χ1n) is 8.64. The van der Waals surface area contributed by atoms with Gasteiger partial charge in [0.25, 0.3) is 5.91 Å². The van der Waals surface area contributed by atoms with Crippen molar-refractivity contribution in [3.8, 4) is 5.75 Å². The molecule has 1 amide bonds. The maximum absolute atomic E-state index is 12.2. The highest BCUT2D eigenvalue weighted by atomic mass is 35.5. The minimum Gasteiger partial charge on any atom is -0.491 e. The van der Waals surface area contributed by atoms with E-state index in [0.717, 1.165) is 44.8 Å². The zero-order valence-corrected chi connectivity index (χ0v) is 14.8. The molecule has 2 aliphatic heterocycles. The van der Waals surface area contributed by atoms with Crippen LogP contribution in [-0.2, 0) is 4.74 Å². The fourth-order valence-corrected chi connectivity index (χ4v) is 3.10. The van der Waals surface area contributed by atoms with Gasteiger partial charge in [-0.15, -0.1) is 12.4 Å². The Balaban J connectivity index is 0.00000208. The molecule has 2 heterocycles. The van der Waals surface area contributed by atoms with Crippen LogP contribution in [-0.4, -0.2) is 44.9 Å². The van der Waals surface area contributed by atoms with Crippen molar-refractivity contribution >= 4 is 18.3 Å². The van der Waals surface area contributed by atoms with E-state index in [1.807, 2.05) is 24.3 Å². The molecule has 1 aromatic carbocycles. The van der Waals surface area contributed by atoms with Gasteiger partial charge in [-0.25, -0.2) is 0 Å². The second-order valence-corrected chi connectivity index (χ2v) is 6.39. The summed E-state index contributed by atoms with van der Waals surface area (Å²) in [5.41, 5.74) is 0.679. The molecule has 0 saturated carbocycles. The smallest absolute Gasteiger partial charge is 0.251 e. The zero-order valence-electron chi connectivity index (χ0n) is 14.0. The van der Waals surface area contributed by atoms with E-state index in [1.165, 1.54) is 12.8 Å². The summed E-state index contributed by atoms with van der Waals surface area (Å²) in [6, 6.07) is 7.34. The number of halogens is 1. The summed E-state index contributed by atoms with van der Waals surface area (Å²) in [6.07, 6.45) is 4.77. The van der Waals surface area contributed by atoms with Gasteiger partial charge in [0.2, 0.25) is 0 Å². The van der Waals surface area contributed by atoms with Gasteiger partial charge < -0.3 is 20.1 Å². The number of carbonyl (C=O) groups is 1. The van der Waals surface area contributed by atoms with Crippen molar-refractivity contribution in [2.45, 2.75) is 31.8 Å². The first-order valence-corrected chi connectivity index (χ1v) is 8.64. The van der Waals surface area contributed by atoms with Gasteiger partial charge in [-0.2, -0.15) is 0 Å². The lowest BCUT2D eigenvalue weighted by molar-refractivity contribution is 0.0679. The van der Waals surface area contributed by atoms with Gasteiger partial charge in [0, 0.05) is 18.7 Å². The Morgan fingerprint density at radius 1 is 1.25 bits per heavy atom. The molecule has 2 unspecified atom stereocenters. The van der Waals surface area contributed by atoms with Gasteiger partial charge in [0.15, 0.2) is 0 Å². The van der Waals surface area contributed by atoms with Gasteiger partial charge in [-0.3, -0.25) is 4.79 Å². The minimum absolute atomic E-state index is 0. The van der Waals surface area contributed by atoms with E-state index in [9.17, 15) is 4.79 Å². The van der Waals surface area contributed by atoms with E-state index in [1.54, 1.807) is 0 Å². The van der Waals surface area contributed by atoms with Crippen molar-refractivity contribution in [2.75, 3.05) is 32.8 Å². The van der Waals surface area contributed by atoms with Crippen LogP contribution in [0.1, 0.15) is 36.0 Å². The van der Waals surface area contributed by atoms with E-state index >= 15 is 0 Å². The Kier molecular flexibility index (Phi) is 7.82. The number of ether oxygens (including phenoxy) is 2. The molecular formula is C18H27ClN2O3. The molecule has 2 aliphatic rings. The van der Waals surface area contributed by atoms with Gasteiger partial charge in [-0.05, 0) is 69.0 Å². The predicted octanol–water partition coefficient (Wildman–Crippen LogP) is 2.40. The molecule has 3 rings (SSSR count). The third kappa shape index (κ3) is 5.65. The van der Waals surface area contributed by atoms with Crippen LogP contribution >= 0.6 is 12.4 Å². The molecule has 0 bridgehead atoms. The average Bonchev–Trinajstić information content (AvgIpc) is 3.13. The lowest BCUT2D eigenvalue weighted by Crippen LogP contribution is -2.38. The van der Waals surface area contributed by atoms with Crippen LogP contribution < -0.4 is 15.4 Å². The normalized spacial score (nSPS) is 23.3. The van der Waals surface area contributed by atoms with E-state index in [-0.39, 0.29) is 24.4 Å². The van der Waals surface area contributed by atoms with Crippen molar-refractivity contribution in [2.24, 2.45) is 5.92 Å². The number of piperidine rings is 1. The van der Waals surface area contributed by atoms with Crippen LogP contribution in [0.25, 0.3) is 0 Å². The fraction of sp³-hybridized carbons (Fsp3) is 0.611. The van der Waals surface area contributed by atoms with Crippen molar-refractivity contribution in [3.63, 3.8) is 0 Å². The Hall–Kier alpha value is -1.30. The SMILES string of the molecule is Cl.O=C(NCC1CCCNC1)c1ccc(OCC2CCCO2)cc1. The lowest BCUT2D eigenvalue weighted by atomic mass is 10.00. The first-order chi connectivity index (χ1) is 11.3. The van der Waals surface area contributed by atoms with Crippen LogP contribution in [0.2, 0.25) is 0 Å². The monoisotopic (exact) mass is 354 g/mol. The van der Waals surface area contributed by atoms with E-state index in [0.29, 0.717) is 18.1 Å². The maximum Gasteiger partial charge on any atom is 0.251 e. The van der Waals surface area contributed by atoms with Crippen LogP contribution in [0, 0.1) is 5.92 Å². The molecule has 134 valence electrons. The molecule has 1 aromatic rings. The number of hydrogen-bond donors (Lipinski definition) is 2. The van der Waals surface area contributed by atoms with E-state index < -0.39 is 0 Å². The summed E-state index contributed by atoms with van der Waals surface area (Å²) in [5.74, 6) is 1.32. The summed E-state index contributed by atoms with van der Waals surface area (Å²) in [5, 5.41) is 6.39. The second-order valence-electron chi connectivity index (χ2n) is 6.39. The Morgan fingerprint density at radius 2 is 2.08 bits per heavy atom. The highest BCUT2D eigenvalue weighted by molar-refractivity contribution is 5.94. The van der Waals surface area contributed by atoms with Crippen molar-refractivity contribution in [1.29, 1.82) is 0 Å². The zero-order chi connectivity index (χ0) is 15.9. The van der Waals surface area contributed by atoms with Gasteiger partial charge >= 0.3 is 0 Å².